The monoisotopic (exact) mass is 663 g/mol. The van der Waals surface area contributed by atoms with Crippen LogP contribution in [0.15, 0.2) is 101 Å². The average Bonchev–Trinajstić information content (AvgIpc) is 3.64. The summed E-state index contributed by atoms with van der Waals surface area (Å²) in [6.07, 6.45) is -0.893. The molecule has 0 spiro atoms. The molecule has 10 heteroatoms. The predicted octanol–water partition coefficient (Wildman–Crippen LogP) is 7.39. The zero-order chi connectivity index (χ0) is 32.5. The van der Waals surface area contributed by atoms with Crippen LogP contribution in [0, 0.1) is 12.8 Å². The van der Waals surface area contributed by atoms with Gasteiger partial charge in [0, 0.05) is 17.2 Å². The summed E-state index contributed by atoms with van der Waals surface area (Å²) in [7, 11) is 0. The number of aliphatic hydroxyl groups excluding tert-OH is 1. The van der Waals surface area contributed by atoms with E-state index in [0.717, 1.165) is 42.7 Å². The molecule has 0 bridgehead atoms. The van der Waals surface area contributed by atoms with Gasteiger partial charge in [-0.3, -0.25) is 14.5 Å². The van der Waals surface area contributed by atoms with Crippen molar-refractivity contribution in [2.45, 2.75) is 49.8 Å². The molecule has 5 aromatic rings. The van der Waals surface area contributed by atoms with Gasteiger partial charge in [0.15, 0.2) is 10.6 Å². The third kappa shape index (κ3) is 6.52. The highest BCUT2D eigenvalue weighted by Crippen LogP contribution is 2.43. The number of rotatable bonds is 9. The number of aryl methyl sites for hydroxylation is 1. The van der Waals surface area contributed by atoms with E-state index in [0.29, 0.717) is 16.9 Å². The number of hydrogen-bond acceptors (Lipinski definition) is 9. The zero-order valence-electron chi connectivity index (χ0n) is 25.9. The van der Waals surface area contributed by atoms with Crippen molar-refractivity contribution in [1.82, 2.24) is 15.1 Å². The summed E-state index contributed by atoms with van der Waals surface area (Å²) in [5.74, 6) is 0.246. The summed E-state index contributed by atoms with van der Waals surface area (Å²) in [5.41, 5.74) is 6.54. The smallest absolute Gasteiger partial charge is 0.261 e. The van der Waals surface area contributed by atoms with E-state index in [1.807, 2.05) is 79.7 Å². The fraction of sp³-hybridized carbons (Fsp3) is 0.243. The molecule has 0 saturated carbocycles. The van der Waals surface area contributed by atoms with Crippen LogP contribution in [0.2, 0.25) is 0 Å². The number of amides is 2. The lowest BCUT2D eigenvalue weighted by Crippen LogP contribution is -2.38. The number of aliphatic hydroxyl groups is 1. The minimum absolute atomic E-state index is 0.00829. The second kappa shape index (κ2) is 13.5. The maximum atomic E-state index is 12.9. The fourth-order valence-corrected chi connectivity index (χ4v) is 8.05. The number of imide groups is 1. The van der Waals surface area contributed by atoms with E-state index in [1.54, 1.807) is 47.4 Å². The molecule has 1 saturated heterocycles. The summed E-state index contributed by atoms with van der Waals surface area (Å²) >= 11 is 3.22. The lowest BCUT2D eigenvalue weighted by Gasteiger charge is -2.41. The number of ether oxygens (including phenoxy) is 2. The largest absolute Gasteiger partial charge is 0.392 e. The van der Waals surface area contributed by atoms with Gasteiger partial charge in [-0.1, -0.05) is 109 Å². The van der Waals surface area contributed by atoms with Crippen LogP contribution in [0.4, 0.5) is 0 Å². The average molecular weight is 664 g/mol. The Balaban J connectivity index is 1.09. The maximum Gasteiger partial charge on any atom is 0.261 e. The second-order valence-corrected chi connectivity index (χ2v) is 14.2. The topological polar surface area (TPSA) is 102 Å². The number of fused-ring (bicyclic) bond motifs is 1. The van der Waals surface area contributed by atoms with Crippen LogP contribution in [-0.4, -0.2) is 43.9 Å². The Kier molecular flexibility index (Phi) is 9.02. The summed E-state index contributed by atoms with van der Waals surface area (Å²) in [6.45, 7) is 4.30. The van der Waals surface area contributed by atoms with E-state index in [9.17, 15) is 14.7 Å². The van der Waals surface area contributed by atoms with Crippen LogP contribution in [0.3, 0.4) is 0 Å². The highest BCUT2D eigenvalue weighted by molar-refractivity contribution is 8.01. The maximum absolute atomic E-state index is 12.9. The first-order valence-electron chi connectivity index (χ1n) is 15.5. The van der Waals surface area contributed by atoms with Crippen molar-refractivity contribution in [2.24, 2.45) is 5.92 Å². The summed E-state index contributed by atoms with van der Waals surface area (Å²) in [6, 6.07) is 30.9. The molecule has 1 aromatic heterocycles. The summed E-state index contributed by atoms with van der Waals surface area (Å²) in [5, 5.41) is 18.9. The molecular formula is C37H33N3O5S2. The van der Waals surface area contributed by atoms with Gasteiger partial charge in [0.05, 0.1) is 36.5 Å². The van der Waals surface area contributed by atoms with Gasteiger partial charge in [-0.15, -0.1) is 10.2 Å². The molecule has 47 heavy (non-hydrogen) atoms. The Morgan fingerprint density at radius 3 is 2.17 bits per heavy atom. The fourth-order valence-electron chi connectivity index (χ4n) is 6.05. The van der Waals surface area contributed by atoms with Gasteiger partial charge in [0.2, 0.25) is 0 Å². The lowest BCUT2D eigenvalue weighted by atomic mass is 9.91. The number of carbonyl (C=O) groups is 2. The van der Waals surface area contributed by atoms with Crippen molar-refractivity contribution in [3.63, 3.8) is 0 Å². The number of carbonyl (C=O) groups excluding carboxylic acids is 2. The number of aromatic nitrogens is 2. The quantitative estimate of drug-likeness (QED) is 0.129. The first-order chi connectivity index (χ1) is 22.9. The van der Waals surface area contributed by atoms with E-state index in [4.69, 9.17) is 9.47 Å². The van der Waals surface area contributed by atoms with Gasteiger partial charge >= 0.3 is 0 Å². The predicted molar refractivity (Wildman–Crippen MR) is 181 cm³/mol. The normalized spacial score (nSPS) is 20.9. The molecule has 2 aliphatic rings. The molecule has 2 aliphatic heterocycles. The Morgan fingerprint density at radius 2 is 1.51 bits per heavy atom. The first kappa shape index (κ1) is 31.4. The summed E-state index contributed by atoms with van der Waals surface area (Å²) in [4.78, 5) is 27.1. The molecular weight excluding hydrogens is 631 g/mol. The van der Waals surface area contributed by atoms with Gasteiger partial charge < -0.3 is 14.6 Å². The van der Waals surface area contributed by atoms with E-state index >= 15 is 0 Å². The van der Waals surface area contributed by atoms with Crippen LogP contribution in [0.1, 0.15) is 67.3 Å². The molecule has 1 fully saturated rings. The van der Waals surface area contributed by atoms with Crippen molar-refractivity contribution in [3.05, 3.63) is 135 Å². The Morgan fingerprint density at radius 1 is 0.809 bits per heavy atom. The van der Waals surface area contributed by atoms with Gasteiger partial charge in [-0.25, -0.2) is 0 Å². The molecule has 4 aromatic carbocycles. The standard InChI is InChI=1S/C37H33N3O5S2/c1-22-32(21-46-37-39-38-23(2)47-37)44-36(45-33(22)27-12-10-24(20-41)11-13-27)28-16-14-26(15-17-28)29-7-5-6-25(18-29)19-40-34(42)30-8-3-4-9-31(30)35(40)43/h3-18,22,32-33,36,41H,19-21H2,1-2H3/t22-,32+,33+,36+/m0/s1. The molecule has 1 N–H and O–H groups in total. The van der Waals surface area contributed by atoms with Crippen LogP contribution in [0.5, 0.6) is 0 Å². The van der Waals surface area contributed by atoms with Crippen molar-refractivity contribution in [2.75, 3.05) is 5.75 Å². The minimum atomic E-state index is -0.579. The molecule has 8 nitrogen and oxygen atoms in total. The third-order valence-electron chi connectivity index (χ3n) is 8.66. The van der Waals surface area contributed by atoms with Crippen LogP contribution in [0.25, 0.3) is 11.1 Å². The number of benzene rings is 4. The lowest BCUT2D eigenvalue weighted by molar-refractivity contribution is -0.268. The van der Waals surface area contributed by atoms with Gasteiger partial charge in [0.25, 0.3) is 11.8 Å². The molecule has 7 rings (SSSR count). The molecule has 238 valence electrons. The Hall–Kier alpha value is -4.19. The van der Waals surface area contributed by atoms with Crippen molar-refractivity contribution in [1.29, 1.82) is 0 Å². The number of thioether (sulfide) groups is 1. The SMILES string of the molecule is Cc1nnc(SC[C@H]2O[C@@H](c3ccc(-c4cccc(CN5C(=O)c6ccccc6C5=O)c4)cc3)O[C@@H](c3ccc(CO)cc3)[C@H]2C)s1. The second-order valence-electron chi connectivity index (χ2n) is 11.8. The van der Waals surface area contributed by atoms with Crippen molar-refractivity contribution >= 4 is 34.9 Å². The van der Waals surface area contributed by atoms with Crippen molar-refractivity contribution < 1.29 is 24.2 Å². The molecule has 4 atom stereocenters. The number of nitrogens with zero attached hydrogens (tertiary/aromatic N) is 3. The van der Waals surface area contributed by atoms with E-state index in [2.05, 4.69) is 17.1 Å². The molecule has 0 aliphatic carbocycles. The first-order valence-corrected chi connectivity index (χ1v) is 17.3. The zero-order valence-corrected chi connectivity index (χ0v) is 27.5. The van der Waals surface area contributed by atoms with Gasteiger partial charge in [-0.05, 0) is 52.9 Å². The Bertz CT molecular complexity index is 1880. The molecule has 2 amide bonds. The van der Waals surface area contributed by atoms with E-state index in [-0.39, 0.29) is 43.1 Å². The van der Waals surface area contributed by atoms with Crippen LogP contribution >= 0.6 is 23.1 Å². The third-order valence-corrected chi connectivity index (χ3v) is 10.7. The van der Waals surface area contributed by atoms with Crippen molar-refractivity contribution in [3.8, 4) is 11.1 Å². The molecule has 3 heterocycles. The highest BCUT2D eigenvalue weighted by Gasteiger charge is 2.39. The summed E-state index contributed by atoms with van der Waals surface area (Å²) < 4.78 is 14.1. The van der Waals surface area contributed by atoms with Gasteiger partial charge in [0.1, 0.15) is 5.01 Å². The van der Waals surface area contributed by atoms with E-state index < -0.39 is 6.29 Å². The molecule has 0 radical (unpaired) electrons. The van der Waals surface area contributed by atoms with Crippen LogP contribution < -0.4 is 0 Å². The minimum Gasteiger partial charge on any atom is -0.392 e. The highest BCUT2D eigenvalue weighted by atomic mass is 32.2. The van der Waals surface area contributed by atoms with Gasteiger partial charge in [-0.2, -0.15) is 0 Å². The van der Waals surface area contributed by atoms with Crippen LogP contribution in [-0.2, 0) is 22.6 Å². The molecule has 0 unspecified atom stereocenters. The Labute approximate surface area is 281 Å². The van der Waals surface area contributed by atoms with E-state index in [1.165, 1.54) is 4.90 Å². The number of hydrogen-bond donors (Lipinski definition) is 1.